The number of carbonyl (C=O) groups is 1. The molecule has 2 rings (SSSR count). The van der Waals surface area contributed by atoms with Crippen LogP contribution >= 0.6 is 0 Å². The van der Waals surface area contributed by atoms with Crippen molar-refractivity contribution in [3.05, 3.63) is 71.8 Å². The zero-order valence-electron chi connectivity index (χ0n) is 21.6. The van der Waals surface area contributed by atoms with Crippen LogP contribution in [0.2, 0.25) is 0 Å². The van der Waals surface area contributed by atoms with E-state index in [1.165, 1.54) is 94.6 Å². The summed E-state index contributed by atoms with van der Waals surface area (Å²) in [5.41, 5.74) is 2.47. The number of hydrogen-bond acceptors (Lipinski definition) is 1. The first-order valence-electron chi connectivity index (χ1n) is 13.7. The molecule has 1 N–H and O–H groups in total. The van der Waals surface area contributed by atoms with E-state index >= 15 is 0 Å². The molecule has 0 saturated carbocycles. The Labute approximate surface area is 274 Å². The topological polar surface area (TPSA) is 37.3 Å². The van der Waals surface area contributed by atoms with E-state index in [-0.39, 0.29) is 67.7 Å². The van der Waals surface area contributed by atoms with Crippen molar-refractivity contribution in [3.8, 4) is 0 Å². The number of rotatable bonds is 18. The number of benzene rings is 2. The molecule has 0 atom stereocenters. The summed E-state index contributed by atoms with van der Waals surface area (Å²) in [5.74, 6) is -0.653. The molecular formula is C32H51BaLiO2. The fourth-order valence-corrected chi connectivity index (χ4v) is 3.97. The van der Waals surface area contributed by atoms with E-state index in [1.807, 2.05) is 36.4 Å². The Hall–Kier alpha value is -0.181. The summed E-state index contributed by atoms with van der Waals surface area (Å²) in [5, 5.41) is 8.52. The fraction of sp³-hybridized carbons (Fsp3) is 0.531. The normalized spacial score (nSPS) is 10.1. The number of carboxylic acids is 1. The summed E-state index contributed by atoms with van der Waals surface area (Å²) in [4.78, 5) is 10.3. The van der Waals surface area contributed by atoms with Crippen molar-refractivity contribution in [2.24, 2.45) is 0 Å². The number of carboxylic acid groups (broad SMARTS) is 1. The van der Waals surface area contributed by atoms with E-state index in [4.69, 9.17) is 5.11 Å². The quantitative estimate of drug-likeness (QED) is 0.104. The summed E-state index contributed by atoms with van der Waals surface area (Å²) in [7, 11) is 0. The van der Waals surface area contributed by atoms with Gasteiger partial charge in [-0.1, -0.05) is 170 Å². The molecule has 2 aromatic rings. The fourth-order valence-electron chi connectivity index (χ4n) is 3.97. The van der Waals surface area contributed by atoms with E-state index in [1.54, 1.807) is 0 Å². The Bertz CT molecular complexity index is 693. The van der Waals surface area contributed by atoms with E-state index in [9.17, 15) is 4.79 Å². The molecule has 0 aliphatic heterocycles. The van der Waals surface area contributed by atoms with Crippen LogP contribution < -0.4 is 0 Å². The molecule has 2 aromatic carbocycles. The van der Waals surface area contributed by atoms with Gasteiger partial charge in [-0.15, -0.1) is 0 Å². The Morgan fingerprint density at radius 1 is 0.583 bits per heavy atom. The predicted molar refractivity (Wildman–Crippen MR) is 165 cm³/mol. The van der Waals surface area contributed by atoms with Crippen molar-refractivity contribution in [2.45, 2.75) is 110 Å². The summed E-state index contributed by atoms with van der Waals surface area (Å²) in [6, 6.07) is 20.6. The third-order valence-corrected chi connectivity index (χ3v) is 6.06. The predicted octanol–water partition coefficient (Wildman–Crippen LogP) is 8.62. The summed E-state index contributed by atoms with van der Waals surface area (Å²) < 4.78 is 0. The molecule has 194 valence electrons. The second-order valence-corrected chi connectivity index (χ2v) is 9.25. The Balaban J connectivity index is 0. The van der Waals surface area contributed by atoms with Gasteiger partial charge in [0.05, 0.1) is 0 Å². The standard InChI is InChI=1S/C18H36O2.C14H12.Ba.Li.3H/c1-2-3-4-5-6-7-8-9-10-11-12-13-14-15-16-17-18(19)20;1-3-7-13(8-4-1)11-12-14-9-5-2-6-10-14;;;;;/h2-17H2,1H3,(H,19,20);1-12H;;;;;/b;12-11+;;;;;. The van der Waals surface area contributed by atoms with Gasteiger partial charge in [-0.25, -0.2) is 0 Å². The SMILES string of the molecule is C(=C\c1ccccc1)/c1ccccc1.CCCCCCCCCCCCCCCCCC(=O)O.[BaH2].[LiH]. The van der Waals surface area contributed by atoms with Crippen molar-refractivity contribution in [2.75, 3.05) is 0 Å². The monoisotopic (exact) mass is 612 g/mol. The summed E-state index contributed by atoms with van der Waals surface area (Å²) >= 11 is 0. The van der Waals surface area contributed by atoms with Crippen LogP contribution in [0.3, 0.4) is 0 Å². The van der Waals surface area contributed by atoms with Gasteiger partial charge in [0, 0.05) is 6.42 Å². The number of hydrogen-bond donors (Lipinski definition) is 1. The second kappa shape index (κ2) is 29.4. The average Bonchev–Trinajstić information content (AvgIpc) is 2.86. The van der Waals surface area contributed by atoms with Crippen LogP contribution in [-0.4, -0.2) is 78.8 Å². The van der Waals surface area contributed by atoms with Gasteiger partial charge in [-0.2, -0.15) is 0 Å². The zero-order chi connectivity index (χ0) is 24.5. The van der Waals surface area contributed by atoms with Crippen LogP contribution in [0.15, 0.2) is 60.7 Å². The molecule has 4 heteroatoms. The van der Waals surface area contributed by atoms with Gasteiger partial charge in [0.1, 0.15) is 0 Å². The van der Waals surface area contributed by atoms with E-state index in [0.717, 1.165) is 12.8 Å². The molecule has 0 bridgehead atoms. The molecule has 0 radical (unpaired) electrons. The molecule has 0 heterocycles. The molecule has 2 nitrogen and oxygen atoms in total. The Kier molecular flexibility index (Phi) is 31.0. The molecule has 0 aliphatic carbocycles. The van der Waals surface area contributed by atoms with Crippen molar-refractivity contribution in [1.29, 1.82) is 0 Å². The first kappa shape index (κ1) is 38.0. The molecule has 36 heavy (non-hydrogen) atoms. The summed E-state index contributed by atoms with van der Waals surface area (Å²) in [6.45, 7) is 2.27. The van der Waals surface area contributed by atoms with E-state index in [2.05, 4.69) is 43.3 Å². The van der Waals surface area contributed by atoms with E-state index in [0.29, 0.717) is 6.42 Å². The first-order chi connectivity index (χ1) is 16.7. The number of unbranched alkanes of at least 4 members (excludes halogenated alkanes) is 14. The van der Waals surface area contributed by atoms with Gasteiger partial charge in [-0.3, -0.25) is 4.79 Å². The molecule has 0 amide bonds. The molecule has 0 unspecified atom stereocenters. The Morgan fingerprint density at radius 3 is 1.19 bits per heavy atom. The van der Waals surface area contributed by atoms with Gasteiger partial charge >= 0.3 is 73.7 Å². The van der Waals surface area contributed by atoms with Crippen LogP contribution in [0.1, 0.15) is 121 Å². The zero-order valence-corrected chi connectivity index (χ0v) is 21.6. The van der Waals surface area contributed by atoms with Gasteiger partial charge in [-0.05, 0) is 17.5 Å². The molecular weight excluding hydrogens is 561 g/mol. The van der Waals surface area contributed by atoms with Crippen LogP contribution in [0.25, 0.3) is 12.2 Å². The van der Waals surface area contributed by atoms with E-state index < -0.39 is 5.97 Å². The van der Waals surface area contributed by atoms with Crippen molar-refractivity contribution >= 4 is 85.9 Å². The maximum absolute atomic E-state index is 10.3. The summed E-state index contributed by atoms with van der Waals surface area (Å²) in [6.07, 6.45) is 24.4. The van der Waals surface area contributed by atoms with Gasteiger partial charge in [0.25, 0.3) is 0 Å². The minimum atomic E-state index is -0.653. The van der Waals surface area contributed by atoms with Crippen LogP contribution in [0.5, 0.6) is 0 Å². The van der Waals surface area contributed by atoms with Gasteiger partial charge in [0.15, 0.2) is 0 Å². The molecule has 0 saturated heterocycles. The Morgan fingerprint density at radius 2 is 0.889 bits per heavy atom. The first-order valence-corrected chi connectivity index (χ1v) is 13.7. The third-order valence-electron chi connectivity index (χ3n) is 6.06. The van der Waals surface area contributed by atoms with Gasteiger partial charge in [0.2, 0.25) is 0 Å². The molecule has 0 aromatic heterocycles. The van der Waals surface area contributed by atoms with Crippen molar-refractivity contribution in [3.63, 3.8) is 0 Å². The molecule has 0 fully saturated rings. The van der Waals surface area contributed by atoms with Crippen molar-refractivity contribution < 1.29 is 9.90 Å². The van der Waals surface area contributed by atoms with Crippen molar-refractivity contribution in [1.82, 2.24) is 0 Å². The van der Waals surface area contributed by atoms with Crippen LogP contribution in [0.4, 0.5) is 0 Å². The van der Waals surface area contributed by atoms with Crippen LogP contribution in [0, 0.1) is 0 Å². The second-order valence-electron chi connectivity index (χ2n) is 9.25. The number of aliphatic carboxylic acids is 1. The van der Waals surface area contributed by atoms with Gasteiger partial charge < -0.3 is 5.11 Å². The maximum atomic E-state index is 10.3. The minimum absolute atomic E-state index is 0. The molecule has 0 spiro atoms. The average molecular weight is 612 g/mol. The third kappa shape index (κ3) is 25.5. The molecule has 0 aliphatic rings. The van der Waals surface area contributed by atoms with Crippen LogP contribution in [-0.2, 0) is 4.79 Å².